The fourth-order valence-electron chi connectivity index (χ4n) is 2.75. The zero-order valence-electron chi connectivity index (χ0n) is 9.61. The maximum Gasteiger partial charge on any atom is 0.00755 e. The normalized spacial score (nSPS) is 23.6. The molecule has 2 fully saturated rings. The Morgan fingerprint density at radius 3 is 2.25 bits per heavy atom. The summed E-state index contributed by atoms with van der Waals surface area (Å²) in [6, 6.07) is 9.31. The Hall–Kier alpha value is -0.470. The molecule has 86 valence electrons. The third-order valence-corrected chi connectivity index (χ3v) is 5.61. The van der Waals surface area contributed by atoms with Crippen LogP contribution in [-0.4, -0.2) is 18.1 Å². The number of benzene rings is 1. The van der Waals surface area contributed by atoms with Crippen molar-refractivity contribution in [2.75, 3.05) is 18.1 Å². The van der Waals surface area contributed by atoms with Gasteiger partial charge in [0.2, 0.25) is 0 Å². The molecule has 1 aliphatic heterocycles. The number of nitrogens with two attached hydrogens (primary N) is 1. The van der Waals surface area contributed by atoms with Crippen LogP contribution in [0, 0.1) is 0 Å². The summed E-state index contributed by atoms with van der Waals surface area (Å²) in [5, 5.41) is 0. The molecule has 1 aromatic carbocycles. The van der Waals surface area contributed by atoms with E-state index in [1.165, 1.54) is 41.9 Å². The van der Waals surface area contributed by atoms with Gasteiger partial charge in [-0.2, -0.15) is 11.8 Å². The molecule has 0 aromatic heterocycles. The van der Waals surface area contributed by atoms with Crippen molar-refractivity contribution < 1.29 is 0 Å². The van der Waals surface area contributed by atoms with Crippen LogP contribution in [0.4, 0.5) is 0 Å². The van der Waals surface area contributed by atoms with Crippen LogP contribution in [-0.2, 0) is 5.41 Å². The molecular formula is C14H19NS. The van der Waals surface area contributed by atoms with Gasteiger partial charge in [0.1, 0.15) is 0 Å². The average Bonchev–Trinajstić information content (AvgIpc) is 2.17. The molecule has 1 aliphatic carbocycles. The fourth-order valence-corrected chi connectivity index (χ4v) is 3.61. The molecule has 3 rings (SSSR count). The second kappa shape index (κ2) is 4.08. The molecule has 0 unspecified atom stereocenters. The van der Waals surface area contributed by atoms with E-state index in [2.05, 4.69) is 24.3 Å². The zero-order chi connectivity index (χ0) is 11.0. The highest BCUT2D eigenvalue weighted by molar-refractivity contribution is 8.00. The van der Waals surface area contributed by atoms with Crippen molar-refractivity contribution in [1.82, 2.24) is 0 Å². The summed E-state index contributed by atoms with van der Waals surface area (Å²) < 4.78 is 0. The van der Waals surface area contributed by atoms with Crippen LogP contribution < -0.4 is 5.73 Å². The van der Waals surface area contributed by atoms with Crippen LogP contribution in [0.1, 0.15) is 36.3 Å². The van der Waals surface area contributed by atoms with Gasteiger partial charge in [0.15, 0.2) is 0 Å². The number of thioether (sulfide) groups is 1. The monoisotopic (exact) mass is 233 g/mol. The van der Waals surface area contributed by atoms with Crippen molar-refractivity contribution in [1.29, 1.82) is 0 Å². The average molecular weight is 233 g/mol. The Bertz CT molecular complexity index is 357. The molecule has 2 N–H and O–H groups in total. The Morgan fingerprint density at radius 2 is 1.88 bits per heavy atom. The summed E-state index contributed by atoms with van der Waals surface area (Å²) in [7, 11) is 0. The summed E-state index contributed by atoms with van der Waals surface area (Å²) in [6.07, 6.45) is 3.91. The first-order valence-corrected chi connectivity index (χ1v) is 7.38. The third kappa shape index (κ3) is 1.59. The number of hydrogen-bond acceptors (Lipinski definition) is 2. The smallest absolute Gasteiger partial charge is 0.00755 e. The highest BCUT2D eigenvalue weighted by Crippen LogP contribution is 2.43. The minimum Gasteiger partial charge on any atom is -0.330 e. The summed E-state index contributed by atoms with van der Waals surface area (Å²) in [5.74, 6) is 3.43. The topological polar surface area (TPSA) is 26.0 Å². The van der Waals surface area contributed by atoms with E-state index < -0.39 is 0 Å². The lowest BCUT2D eigenvalue weighted by molar-refractivity contribution is 0.253. The van der Waals surface area contributed by atoms with Crippen molar-refractivity contribution in [2.24, 2.45) is 5.73 Å². The summed E-state index contributed by atoms with van der Waals surface area (Å²) in [4.78, 5) is 0. The summed E-state index contributed by atoms with van der Waals surface area (Å²) in [6.45, 7) is 0.811. The molecular weight excluding hydrogens is 214 g/mol. The molecule has 2 heteroatoms. The van der Waals surface area contributed by atoms with Gasteiger partial charge in [0.05, 0.1) is 0 Å². The lowest BCUT2D eigenvalue weighted by Gasteiger charge is -2.41. The minimum atomic E-state index is 0.326. The van der Waals surface area contributed by atoms with E-state index in [1.807, 2.05) is 11.8 Å². The van der Waals surface area contributed by atoms with Crippen molar-refractivity contribution in [2.45, 2.75) is 30.6 Å². The van der Waals surface area contributed by atoms with Gasteiger partial charge < -0.3 is 5.73 Å². The number of hydrogen-bond donors (Lipinski definition) is 1. The number of rotatable bonds is 3. The maximum atomic E-state index is 5.93. The molecule has 0 radical (unpaired) electrons. The van der Waals surface area contributed by atoms with E-state index >= 15 is 0 Å². The van der Waals surface area contributed by atoms with Crippen molar-refractivity contribution in [3.63, 3.8) is 0 Å². The van der Waals surface area contributed by atoms with Crippen LogP contribution >= 0.6 is 11.8 Å². The molecule has 1 saturated carbocycles. The van der Waals surface area contributed by atoms with Gasteiger partial charge in [0.25, 0.3) is 0 Å². The molecule has 1 nitrogen and oxygen atoms in total. The van der Waals surface area contributed by atoms with Crippen LogP contribution in [0.3, 0.4) is 0 Å². The molecule has 0 bridgehead atoms. The Morgan fingerprint density at radius 1 is 1.19 bits per heavy atom. The van der Waals surface area contributed by atoms with E-state index in [4.69, 9.17) is 5.73 Å². The highest BCUT2D eigenvalue weighted by Gasteiger charge is 2.37. The van der Waals surface area contributed by atoms with Gasteiger partial charge in [-0.3, -0.25) is 0 Å². The quantitative estimate of drug-likeness (QED) is 0.868. The fraction of sp³-hybridized carbons (Fsp3) is 0.571. The van der Waals surface area contributed by atoms with E-state index in [-0.39, 0.29) is 0 Å². The van der Waals surface area contributed by atoms with Gasteiger partial charge >= 0.3 is 0 Å². The Balaban J connectivity index is 1.81. The first-order chi connectivity index (χ1) is 7.84. The van der Waals surface area contributed by atoms with Crippen LogP contribution in [0.2, 0.25) is 0 Å². The second-order valence-electron chi connectivity index (χ2n) is 5.19. The van der Waals surface area contributed by atoms with Crippen LogP contribution in [0.15, 0.2) is 24.3 Å². The standard InChI is InChI=1S/C14H19NS/c15-10-14(6-1-7-14)13-4-2-11(3-5-13)12-8-16-9-12/h2-5,12H,1,6-10,15H2. The molecule has 16 heavy (non-hydrogen) atoms. The summed E-state index contributed by atoms with van der Waals surface area (Å²) in [5.41, 5.74) is 9.25. The predicted octanol–water partition coefficient (Wildman–Crippen LogP) is 2.90. The lowest BCUT2D eigenvalue weighted by Crippen LogP contribution is -2.41. The second-order valence-corrected chi connectivity index (χ2v) is 6.27. The molecule has 1 aromatic rings. The molecule has 0 spiro atoms. The summed E-state index contributed by atoms with van der Waals surface area (Å²) >= 11 is 2.05. The molecule has 0 atom stereocenters. The predicted molar refractivity (Wildman–Crippen MR) is 71.1 cm³/mol. The van der Waals surface area contributed by atoms with E-state index in [9.17, 15) is 0 Å². The van der Waals surface area contributed by atoms with Crippen molar-refractivity contribution >= 4 is 11.8 Å². The van der Waals surface area contributed by atoms with Crippen molar-refractivity contribution in [3.8, 4) is 0 Å². The van der Waals surface area contributed by atoms with E-state index in [0.717, 1.165) is 12.5 Å². The molecule has 1 saturated heterocycles. The van der Waals surface area contributed by atoms with Crippen LogP contribution in [0.25, 0.3) is 0 Å². The first kappa shape index (κ1) is 10.7. The van der Waals surface area contributed by atoms with E-state index in [1.54, 1.807) is 0 Å². The maximum absolute atomic E-state index is 5.93. The third-order valence-electron chi connectivity index (χ3n) is 4.33. The Kier molecular flexibility index (Phi) is 2.72. The highest BCUT2D eigenvalue weighted by atomic mass is 32.2. The molecule has 0 amide bonds. The van der Waals surface area contributed by atoms with Gasteiger partial charge in [-0.15, -0.1) is 0 Å². The van der Waals surface area contributed by atoms with Crippen LogP contribution in [0.5, 0.6) is 0 Å². The Labute approximate surface area is 102 Å². The van der Waals surface area contributed by atoms with Crippen molar-refractivity contribution in [3.05, 3.63) is 35.4 Å². The van der Waals surface area contributed by atoms with Gasteiger partial charge in [-0.1, -0.05) is 30.7 Å². The molecule has 2 aliphatic rings. The van der Waals surface area contributed by atoms with Gasteiger partial charge in [-0.25, -0.2) is 0 Å². The zero-order valence-corrected chi connectivity index (χ0v) is 10.4. The minimum absolute atomic E-state index is 0.326. The van der Waals surface area contributed by atoms with Gasteiger partial charge in [0, 0.05) is 29.4 Å². The van der Waals surface area contributed by atoms with E-state index in [0.29, 0.717) is 5.41 Å². The lowest BCUT2D eigenvalue weighted by atomic mass is 9.64. The molecule has 1 heterocycles. The first-order valence-electron chi connectivity index (χ1n) is 6.22. The largest absolute Gasteiger partial charge is 0.330 e. The SMILES string of the molecule is NCC1(c2ccc(C3CSC3)cc2)CCC1. The van der Waals surface area contributed by atoms with Gasteiger partial charge in [-0.05, 0) is 24.0 Å².